The summed E-state index contributed by atoms with van der Waals surface area (Å²) in [5, 5.41) is 3.77. The second kappa shape index (κ2) is 11.9. The Hall–Kier alpha value is -3.98. The third-order valence-electron chi connectivity index (χ3n) is 8.35. The number of pyridine rings is 1. The quantitative estimate of drug-likeness (QED) is 0.294. The first-order chi connectivity index (χ1) is 20.1. The number of fused-ring (bicyclic) bond motifs is 1. The molecule has 2 fully saturated rings. The molecule has 2 amide bonds. The van der Waals surface area contributed by atoms with Crippen LogP contribution in [0.4, 0.5) is 0 Å². The van der Waals surface area contributed by atoms with E-state index in [9.17, 15) is 9.59 Å². The highest BCUT2D eigenvalue weighted by molar-refractivity contribution is 7.09. The Morgan fingerprint density at radius 3 is 2.07 bits per heavy atom. The minimum absolute atomic E-state index is 0.00918. The second-order valence-corrected chi connectivity index (χ2v) is 11.6. The first-order valence-electron chi connectivity index (χ1n) is 14.2. The molecular weight excluding hydrogens is 536 g/mol. The molecule has 212 valence electrons. The summed E-state index contributed by atoms with van der Waals surface area (Å²) < 4.78 is 11.1. The Bertz CT molecular complexity index is 1550. The number of hydrogen-bond donors (Lipinski definition) is 0. The van der Waals surface area contributed by atoms with Crippen LogP contribution in [0.25, 0.3) is 10.9 Å². The van der Waals surface area contributed by atoms with Gasteiger partial charge in [0.15, 0.2) is 0 Å². The lowest BCUT2D eigenvalue weighted by molar-refractivity contribution is 0.0704. The SMILES string of the molecule is COc1ccccc1C1CCN(C(=O)c2csc(C3CCN(C(=O)c4cc(OC)c5ccccc5n4)CC3)n2)CC1. The smallest absolute Gasteiger partial charge is 0.273 e. The number of thiazole rings is 1. The topological polar surface area (TPSA) is 84.9 Å². The Morgan fingerprint density at radius 1 is 0.756 bits per heavy atom. The summed E-state index contributed by atoms with van der Waals surface area (Å²) in [6, 6.07) is 17.6. The molecular formula is C32H34N4O4S. The molecule has 2 aromatic carbocycles. The molecule has 4 heterocycles. The van der Waals surface area contributed by atoms with Crippen molar-refractivity contribution in [1.82, 2.24) is 19.8 Å². The second-order valence-electron chi connectivity index (χ2n) is 10.7. The Balaban J connectivity index is 1.05. The summed E-state index contributed by atoms with van der Waals surface area (Å²) in [6.07, 6.45) is 3.44. The molecule has 0 spiro atoms. The minimum Gasteiger partial charge on any atom is -0.496 e. The van der Waals surface area contributed by atoms with E-state index in [1.165, 1.54) is 5.56 Å². The standard InChI is InChI=1S/C32H34N4O4S/c1-39-28-10-6-4-7-23(28)21-11-15-36(16-12-21)32(38)27-20-41-30(34-27)22-13-17-35(18-14-22)31(37)26-19-29(40-2)24-8-3-5-9-25(24)33-26/h3-10,19-22H,11-18H2,1-2H3. The molecule has 0 aliphatic carbocycles. The minimum atomic E-state index is -0.0842. The van der Waals surface area contributed by atoms with E-state index < -0.39 is 0 Å². The fourth-order valence-electron chi connectivity index (χ4n) is 6.05. The summed E-state index contributed by atoms with van der Waals surface area (Å²) in [5.74, 6) is 2.12. The van der Waals surface area contributed by atoms with E-state index >= 15 is 0 Å². The van der Waals surface area contributed by atoms with E-state index in [0.29, 0.717) is 49.2 Å². The first kappa shape index (κ1) is 27.2. The van der Waals surface area contributed by atoms with Gasteiger partial charge in [-0.2, -0.15) is 0 Å². The number of hydrogen-bond acceptors (Lipinski definition) is 7. The summed E-state index contributed by atoms with van der Waals surface area (Å²) in [4.78, 5) is 39.8. The monoisotopic (exact) mass is 570 g/mol. The normalized spacial score (nSPS) is 16.6. The molecule has 0 bridgehead atoms. The van der Waals surface area contributed by atoms with Crippen molar-refractivity contribution in [3.05, 3.63) is 81.9 Å². The van der Waals surface area contributed by atoms with Crippen LogP contribution in [0.15, 0.2) is 60.0 Å². The molecule has 0 atom stereocenters. The van der Waals surface area contributed by atoms with Crippen molar-refractivity contribution in [2.45, 2.75) is 37.5 Å². The Kier molecular flexibility index (Phi) is 7.87. The average Bonchev–Trinajstić information content (AvgIpc) is 3.54. The number of nitrogens with zero attached hydrogens (tertiary/aromatic N) is 4. The number of carbonyl (C=O) groups excluding carboxylic acids is 2. The molecule has 2 saturated heterocycles. The van der Waals surface area contributed by atoms with Crippen molar-refractivity contribution in [3.63, 3.8) is 0 Å². The van der Waals surface area contributed by atoms with Crippen LogP contribution < -0.4 is 9.47 Å². The fraction of sp³-hybridized carbons (Fsp3) is 0.375. The summed E-state index contributed by atoms with van der Waals surface area (Å²) in [5.41, 5.74) is 2.90. The molecule has 0 unspecified atom stereocenters. The molecule has 41 heavy (non-hydrogen) atoms. The van der Waals surface area contributed by atoms with Gasteiger partial charge in [-0.1, -0.05) is 30.3 Å². The molecule has 0 N–H and O–H groups in total. The maximum absolute atomic E-state index is 13.3. The van der Waals surface area contributed by atoms with E-state index in [0.717, 1.165) is 47.3 Å². The van der Waals surface area contributed by atoms with Gasteiger partial charge in [-0.25, -0.2) is 9.97 Å². The van der Waals surface area contributed by atoms with Crippen LogP contribution in [0.5, 0.6) is 11.5 Å². The molecule has 0 radical (unpaired) electrons. The Labute approximate surface area is 243 Å². The number of ether oxygens (including phenoxy) is 2. The number of benzene rings is 2. The highest BCUT2D eigenvalue weighted by atomic mass is 32.1. The highest BCUT2D eigenvalue weighted by Gasteiger charge is 2.30. The highest BCUT2D eigenvalue weighted by Crippen LogP contribution is 2.35. The molecule has 4 aromatic rings. The van der Waals surface area contributed by atoms with Crippen LogP contribution >= 0.6 is 11.3 Å². The van der Waals surface area contributed by atoms with Gasteiger partial charge in [0.25, 0.3) is 11.8 Å². The van der Waals surface area contributed by atoms with Gasteiger partial charge in [-0.15, -0.1) is 11.3 Å². The average molecular weight is 571 g/mol. The van der Waals surface area contributed by atoms with Crippen LogP contribution in [0.2, 0.25) is 0 Å². The van der Waals surface area contributed by atoms with Gasteiger partial charge < -0.3 is 19.3 Å². The van der Waals surface area contributed by atoms with Crippen LogP contribution in [-0.2, 0) is 0 Å². The molecule has 9 heteroatoms. The van der Waals surface area contributed by atoms with E-state index in [2.05, 4.69) is 11.1 Å². The number of amides is 2. The van der Waals surface area contributed by atoms with Crippen molar-refractivity contribution in [2.24, 2.45) is 0 Å². The van der Waals surface area contributed by atoms with E-state index in [4.69, 9.17) is 14.5 Å². The lowest BCUT2D eigenvalue weighted by Crippen LogP contribution is -2.38. The third kappa shape index (κ3) is 5.51. The van der Waals surface area contributed by atoms with E-state index in [-0.39, 0.29) is 17.7 Å². The lowest BCUT2D eigenvalue weighted by Gasteiger charge is -2.32. The van der Waals surface area contributed by atoms with Gasteiger partial charge in [-0.05, 0) is 55.4 Å². The van der Waals surface area contributed by atoms with Crippen molar-refractivity contribution in [3.8, 4) is 11.5 Å². The van der Waals surface area contributed by atoms with Crippen LogP contribution in [0.3, 0.4) is 0 Å². The summed E-state index contributed by atoms with van der Waals surface area (Å²) in [6.45, 7) is 2.67. The van der Waals surface area contributed by atoms with Crippen molar-refractivity contribution in [1.29, 1.82) is 0 Å². The van der Waals surface area contributed by atoms with E-state index in [1.807, 2.05) is 57.6 Å². The zero-order valence-electron chi connectivity index (χ0n) is 23.4. The van der Waals surface area contributed by atoms with Gasteiger partial charge in [0.2, 0.25) is 0 Å². The lowest BCUT2D eigenvalue weighted by atomic mass is 9.88. The van der Waals surface area contributed by atoms with Crippen molar-refractivity contribution < 1.29 is 19.1 Å². The molecule has 6 rings (SSSR count). The summed E-state index contributed by atoms with van der Waals surface area (Å²) in [7, 11) is 3.32. The van der Waals surface area contributed by atoms with Crippen molar-refractivity contribution >= 4 is 34.1 Å². The summed E-state index contributed by atoms with van der Waals surface area (Å²) >= 11 is 1.56. The van der Waals surface area contributed by atoms with Gasteiger partial charge in [0, 0.05) is 48.9 Å². The van der Waals surface area contributed by atoms with Crippen LogP contribution in [0, 0.1) is 0 Å². The maximum Gasteiger partial charge on any atom is 0.273 e. The van der Waals surface area contributed by atoms with E-state index in [1.54, 1.807) is 31.6 Å². The van der Waals surface area contributed by atoms with Gasteiger partial charge >= 0.3 is 0 Å². The number of carbonyl (C=O) groups is 2. The molecule has 2 aromatic heterocycles. The predicted molar refractivity (Wildman–Crippen MR) is 159 cm³/mol. The number of aromatic nitrogens is 2. The maximum atomic E-state index is 13.3. The largest absolute Gasteiger partial charge is 0.496 e. The van der Waals surface area contributed by atoms with Gasteiger partial charge in [0.05, 0.1) is 24.7 Å². The molecule has 8 nitrogen and oxygen atoms in total. The first-order valence-corrected chi connectivity index (χ1v) is 15.0. The van der Waals surface area contributed by atoms with Crippen LogP contribution in [0.1, 0.15) is 69.1 Å². The number of piperidine rings is 2. The predicted octanol–water partition coefficient (Wildman–Crippen LogP) is 5.75. The van der Waals surface area contributed by atoms with Gasteiger partial charge in [0.1, 0.15) is 22.9 Å². The van der Waals surface area contributed by atoms with Crippen molar-refractivity contribution in [2.75, 3.05) is 40.4 Å². The zero-order valence-corrected chi connectivity index (χ0v) is 24.2. The third-order valence-corrected chi connectivity index (χ3v) is 9.36. The Morgan fingerprint density at radius 2 is 1.37 bits per heavy atom. The fourth-order valence-corrected chi connectivity index (χ4v) is 7.01. The molecule has 0 saturated carbocycles. The number of methoxy groups -OCH3 is 2. The van der Waals surface area contributed by atoms with Gasteiger partial charge in [-0.3, -0.25) is 9.59 Å². The number of likely N-dealkylation sites (tertiary alicyclic amines) is 2. The zero-order chi connectivity index (χ0) is 28.3. The number of para-hydroxylation sites is 2. The molecule has 2 aliphatic heterocycles. The van der Waals surface area contributed by atoms with Crippen LogP contribution in [-0.4, -0.2) is 72.0 Å². The number of rotatable bonds is 6. The molecule has 2 aliphatic rings.